The fourth-order valence-electron chi connectivity index (χ4n) is 2.61. The van der Waals surface area contributed by atoms with E-state index in [-0.39, 0.29) is 17.5 Å². The summed E-state index contributed by atoms with van der Waals surface area (Å²) in [4.78, 5) is 19.9. The molecule has 2 heterocycles. The van der Waals surface area contributed by atoms with E-state index in [1.165, 1.54) is 25.6 Å². The molecule has 3 aromatic rings. The Kier molecular flexibility index (Phi) is 5.82. The molecule has 0 unspecified atom stereocenters. The van der Waals surface area contributed by atoms with Gasteiger partial charge in [0, 0.05) is 36.8 Å². The summed E-state index contributed by atoms with van der Waals surface area (Å²) in [6.45, 7) is 0. The monoisotopic (exact) mass is 441 g/mol. The van der Waals surface area contributed by atoms with E-state index in [0.29, 0.717) is 17.7 Å². The van der Waals surface area contributed by atoms with Crippen molar-refractivity contribution in [2.75, 3.05) is 7.05 Å². The standard InChI is InChI=1S/C19H13F6N5O/c1-26-17(31)15(11-3-2-4-27-8-11)9-30-10-28-16(29-30)12-5-13(18(20,21)22)7-14(6-12)19(23,24)25/h2-10H,1H3,(H,26,31)/b15-9-. The molecule has 0 radical (unpaired) electrons. The second kappa shape index (κ2) is 8.20. The third-order valence-corrected chi connectivity index (χ3v) is 4.06. The molecule has 0 aliphatic heterocycles. The first-order valence-corrected chi connectivity index (χ1v) is 8.54. The minimum Gasteiger partial charge on any atom is -0.355 e. The molecule has 0 saturated carbocycles. The van der Waals surface area contributed by atoms with Gasteiger partial charge in [-0.3, -0.25) is 9.78 Å². The number of halogens is 6. The molecule has 2 aromatic heterocycles. The molecule has 1 aromatic carbocycles. The number of hydrogen-bond donors (Lipinski definition) is 1. The maximum atomic E-state index is 13.1. The van der Waals surface area contributed by atoms with E-state index in [1.807, 2.05) is 0 Å². The van der Waals surface area contributed by atoms with Crippen LogP contribution in [0.25, 0.3) is 23.2 Å². The van der Waals surface area contributed by atoms with Crippen LogP contribution in [0.2, 0.25) is 0 Å². The lowest BCUT2D eigenvalue weighted by Gasteiger charge is -2.13. The molecular weight excluding hydrogens is 428 g/mol. The van der Waals surface area contributed by atoms with Crippen molar-refractivity contribution in [3.05, 3.63) is 65.7 Å². The Morgan fingerprint density at radius 1 is 1.06 bits per heavy atom. The van der Waals surface area contributed by atoms with Gasteiger partial charge >= 0.3 is 12.4 Å². The highest BCUT2D eigenvalue weighted by molar-refractivity contribution is 6.22. The molecule has 6 nitrogen and oxygen atoms in total. The van der Waals surface area contributed by atoms with Gasteiger partial charge in [0.25, 0.3) is 5.91 Å². The molecule has 1 N–H and O–H groups in total. The van der Waals surface area contributed by atoms with Crippen LogP contribution in [0.1, 0.15) is 16.7 Å². The third-order valence-electron chi connectivity index (χ3n) is 4.06. The van der Waals surface area contributed by atoms with Crippen molar-refractivity contribution in [3.8, 4) is 11.4 Å². The molecule has 0 aliphatic rings. The van der Waals surface area contributed by atoms with Gasteiger partial charge in [-0.05, 0) is 24.3 Å². The number of rotatable bonds is 4. The van der Waals surface area contributed by atoms with Gasteiger partial charge in [0.1, 0.15) is 6.33 Å². The smallest absolute Gasteiger partial charge is 0.355 e. The fraction of sp³-hybridized carbons (Fsp3) is 0.158. The van der Waals surface area contributed by atoms with Crippen LogP contribution in [-0.4, -0.2) is 32.7 Å². The van der Waals surface area contributed by atoms with Crippen LogP contribution < -0.4 is 5.32 Å². The predicted octanol–water partition coefficient (Wildman–Crippen LogP) is 4.12. The van der Waals surface area contributed by atoms with Gasteiger partial charge in [-0.2, -0.15) is 26.3 Å². The molecule has 31 heavy (non-hydrogen) atoms. The van der Waals surface area contributed by atoms with Crippen LogP contribution in [0, 0.1) is 0 Å². The molecule has 0 spiro atoms. The Labute approximate surface area is 171 Å². The van der Waals surface area contributed by atoms with Crippen molar-refractivity contribution in [3.63, 3.8) is 0 Å². The second-order valence-corrected chi connectivity index (χ2v) is 6.21. The number of benzene rings is 1. The number of nitrogens with one attached hydrogen (secondary N) is 1. The van der Waals surface area contributed by atoms with Crippen LogP contribution in [0.4, 0.5) is 26.3 Å². The Balaban J connectivity index is 2.07. The van der Waals surface area contributed by atoms with Crippen LogP contribution >= 0.6 is 0 Å². The van der Waals surface area contributed by atoms with Crippen LogP contribution in [0.5, 0.6) is 0 Å². The molecular formula is C19H13F6N5O. The van der Waals surface area contributed by atoms with E-state index >= 15 is 0 Å². The Morgan fingerprint density at radius 2 is 1.71 bits per heavy atom. The summed E-state index contributed by atoms with van der Waals surface area (Å²) >= 11 is 0. The zero-order valence-corrected chi connectivity index (χ0v) is 15.7. The lowest BCUT2D eigenvalue weighted by atomic mass is 10.0. The van der Waals surface area contributed by atoms with Crippen molar-refractivity contribution in [2.45, 2.75) is 12.4 Å². The Bertz CT molecular complexity index is 1090. The maximum absolute atomic E-state index is 13.1. The summed E-state index contributed by atoms with van der Waals surface area (Å²) in [5.74, 6) is -0.890. The van der Waals surface area contributed by atoms with Crippen molar-refractivity contribution >= 4 is 17.7 Å². The number of hydrogen-bond acceptors (Lipinski definition) is 4. The number of alkyl halides is 6. The largest absolute Gasteiger partial charge is 0.416 e. The normalized spacial score (nSPS) is 12.7. The van der Waals surface area contributed by atoms with E-state index in [9.17, 15) is 31.1 Å². The summed E-state index contributed by atoms with van der Waals surface area (Å²) in [7, 11) is 1.39. The number of carbonyl (C=O) groups is 1. The number of pyridine rings is 1. The van der Waals surface area contributed by atoms with Gasteiger partial charge in [0.15, 0.2) is 5.82 Å². The van der Waals surface area contributed by atoms with Gasteiger partial charge in [0.2, 0.25) is 0 Å². The van der Waals surface area contributed by atoms with Gasteiger partial charge in [-0.15, -0.1) is 5.10 Å². The highest BCUT2D eigenvalue weighted by atomic mass is 19.4. The molecule has 0 saturated heterocycles. The van der Waals surface area contributed by atoms with Crippen LogP contribution in [0.3, 0.4) is 0 Å². The lowest BCUT2D eigenvalue weighted by Crippen LogP contribution is -2.19. The summed E-state index contributed by atoms with van der Waals surface area (Å²) in [6.07, 6.45) is -4.81. The molecule has 12 heteroatoms. The van der Waals surface area contributed by atoms with Gasteiger partial charge < -0.3 is 5.32 Å². The molecule has 0 fully saturated rings. The zero-order valence-electron chi connectivity index (χ0n) is 15.7. The predicted molar refractivity (Wildman–Crippen MR) is 97.9 cm³/mol. The minimum atomic E-state index is -4.99. The van der Waals surface area contributed by atoms with Gasteiger partial charge in [-0.25, -0.2) is 9.67 Å². The highest BCUT2D eigenvalue weighted by Crippen LogP contribution is 2.38. The molecule has 162 valence electrons. The van der Waals surface area contributed by atoms with E-state index in [2.05, 4.69) is 20.4 Å². The van der Waals surface area contributed by atoms with Gasteiger partial charge in [0.05, 0.1) is 16.7 Å². The number of carbonyl (C=O) groups excluding carboxylic acids is 1. The zero-order chi connectivity index (χ0) is 22.8. The van der Waals surface area contributed by atoms with Crippen LogP contribution in [-0.2, 0) is 17.1 Å². The molecule has 0 atom stereocenters. The molecule has 0 aliphatic carbocycles. The second-order valence-electron chi connectivity index (χ2n) is 6.21. The van der Waals surface area contributed by atoms with Crippen molar-refractivity contribution in [2.24, 2.45) is 0 Å². The van der Waals surface area contributed by atoms with E-state index in [1.54, 1.807) is 12.1 Å². The lowest BCUT2D eigenvalue weighted by molar-refractivity contribution is -0.143. The molecule has 0 bridgehead atoms. The number of amides is 1. The minimum absolute atomic E-state index is 0.0203. The highest BCUT2D eigenvalue weighted by Gasteiger charge is 2.37. The average Bonchev–Trinajstić information content (AvgIpc) is 3.19. The summed E-state index contributed by atoms with van der Waals surface area (Å²) in [5.41, 5.74) is -2.92. The topological polar surface area (TPSA) is 72.7 Å². The van der Waals surface area contributed by atoms with Crippen molar-refractivity contribution < 1.29 is 31.1 Å². The number of likely N-dealkylation sites (N-methyl/N-ethyl adjacent to an activating group) is 1. The average molecular weight is 441 g/mol. The van der Waals surface area contributed by atoms with Gasteiger partial charge in [-0.1, -0.05) is 6.07 Å². The fourth-order valence-corrected chi connectivity index (χ4v) is 2.61. The quantitative estimate of drug-likeness (QED) is 0.489. The summed E-state index contributed by atoms with van der Waals surface area (Å²) in [5, 5.41) is 6.33. The first kappa shape index (κ1) is 22.0. The van der Waals surface area contributed by atoms with Crippen LogP contribution in [0.15, 0.2) is 49.1 Å². The van der Waals surface area contributed by atoms with E-state index in [0.717, 1.165) is 11.0 Å². The SMILES string of the molecule is CNC(=O)/C(=C\n1cnc(-c2cc(C(F)(F)F)cc(C(F)(F)F)c2)n1)c1cccnc1. The third kappa shape index (κ3) is 5.08. The first-order valence-electron chi connectivity index (χ1n) is 8.54. The Morgan fingerprint density at radius 3 is 2.23 bits per heavy atom. The van der Waals surface area contributed by atoms with Crippen molar-refractivity contribution in [1.82, 2.24) is 25.1 Å². The first-order chi connectivity index (χ1) is 14.5. The number of nitrogens with zero attached hydrogens (tertiary/aromatic N) is 4. The van der Waals surface area contributed by atoms with E-state index in [4.69, 9.17) is 0 Å². The molecule has 3 rings (SSSR count). The summed E-state index contributed by atoms with van der Waals surface area (Å²) < 4.78 is 79.4. The Hall–Kier alpha value is -3.70. The summed E-state index contributed by atoms with van der Waals surface area (Å²) in [6, 6.07) is 4.25. The molecule has 1 amide bonds. The van der Waals surface area contributed by atoms with E-state index < -0.39 is 35.0 Å². The number of aromatic nitrogens is 4. The maximum Gasteiger partial charge on any atom is 0.416 e. The van der Waals surface area contributed by atoms with Crippen molar-refractivity contribution in [1.29, 1.82) is 0 Å².